The van der Waals surface area contributed by atoms with Gasteiger partial charge in [0.25, 0.3) is 0 Å². The molecule has 0 saturated carbocycles. The number of carbonyl (C=O) groups is 2. The highest BCUT2D eigenvalue weighted by Crippen LogP contribution is 2.36. The number of esters is 1. The smallest absolute Gasteiger partial charge is 0.318 e. The van der Waals surface area contributed by atoms with Crippen molar-refractivity contribution < 1.29 is 14.3 Å². The van der Waals surface area contributed by atoms with Crippen molar-refractivity contribution in [2.75, 3.05) is 0 Å². The number of carbonyl (C=O) groups excluding carboxylic acids is 2. The lowest BCUT2D eigenvalue weighted by Crippen LogP contribution is -2.24. The van der Waals surface area contributed by atoms with Crippen molar-refractivity contribution in [2.45, 2.75) is 52.9 Å². The van der Waals surface area contributed by atoms with Crippen LogP contribution in [0, 0.1) is 5.41 Å². The molecule has 0 saturated heterocycles. The van der Waals surface area contributed by atoms with Crippen molar-refractivity contribution in [3.05, 3.63) is 29.8 Å². The first-order chi connectivity index (χ1) is 9.14. The number of benzene rings is 1. The van der Waals surface area contributed by atoms with E-state index in [9.17, 15) is 9.59 Å². The summed E-state index contributed by atoms with van der Waals surface area (Å²) in [5.74, 6) is -0.0474. The molecule has 1 aromatic rings. The Morgan fingerprint density at radius 2 is 1.65 bits per heavy atom. The molecule has 0 aromatic heterocycles. The molecule has 110 valence electrons. The van der Waals surface area contributed by atoms with Crippen molar-refractivity contribution >= 4 is 12.3 Å². The van der Waals surface area contributed by atoms with Gasteiger partial charge in [-0.25, -0.2) is 0 Å². The second kappa shape index (κ2) is 6.21. The quantitative estimate of drug-likeness (QED) is 0.354. The van der Waals surface area contributed by atoms with E-state index in [0.717, 1.165) is 6.42 Å². The van der Waals surface area contributed by atoms with Gasteiger partial charge in [-0.2, -0.15) is 0 Å². The van der Waals surface area contributed by atoms with E-state index in [-0.39, 0.29) is 17.3 Å². The summed E-state index contributed by atoms with van der Waals surface area (Å²) in [6.45, 7) is 11.1. The van der Waals surface area contributed by atoms with E-state index in [2.05, 4.69) is 34.6 Å². The fourth-order valence-electron chi connectivity index (χ4n) is 2.64. The van der Waals surface area contributed by atoms with E-state index >= 15 is 0 Å². The standard InChI is InChI=1S/C17H24O3/c1-16(2,3)12-17(4,5)13-6-8-14(9-7-13)20-15(19)10-11-18/h6-9,11H,10,12H2,1-5H3. The van der Waals surface area contributed by atoms with Gasteiger partial charge in [0.1, 0.15) is 18.5 Å². The Morgan fingerprint density at radius 3 is 2.10 bits per heavy atom. The van der Waals surface area contributed by atoms with Crippen LogP contribution in [0.25, 0.3) is 0 Å². The van der Waals surface area contributed by atoms with Crippen molar-refractivity contribution in [3.8, 4) is 5.75 Å². The molecular formula is C17H24O3. The number of rotatable bonds is 5. The Kier molecular flexibility index (Phi) is 5.09. The minimum Gasteiger partial charge on any atom is -0.426 e. The maximum atomic E-state index is 11.2. The van der Waals surface area contributed by atoms with Crippen LogP contribution < -0.4 is 4.74 Å². The third-order valence-corrected chi connectivity index (χ3v) is 3.09. The molecular weight excluding hydrogens is 252 g/mol. The molecule has 0 unspecified atom stereocenters. The van der Waals surface area contributed by atoms with Crippen LogP contribution in [0.5, 0.6) is 5.75 Å². The Bertz CT molecular complexity index is 464. The Labute approximate surface area is 121 Å². The number of hydrogen-bond acceptors (Lipinski definition) is 3. The third kappa shape index (κ3) is 5.16. The summed E-state index contributed by atoms with van der Waals surface area (Å²) in [4.78, 5) is 21.5. The van der Waals surface area contributed by atoms with E-state index in [1.165, 1.54) is 5.56 Å². The molecule has 0 spiro atoms. The van der Waals surface area contributed by atoms with Gasteiger partial charge in [-0.1, -0.05) is 46.8 Å². The largest absolute Gasteiger partial charge is 0.426 e. The fourth-order valence-corrected chi connectivity index (χ4v) is 2.64. The summed E-state index contributed by atoms with van der Waals surface area (Å²) in [5, 5.41) is 0. The van der Waals surface area contributed by atoms with Gasteiger partial charge in [0.2, 0.25) is 0 Å². The summed E-state index contributed by atoms with van der Waals surface area (Å²) in [6, 6.07) is 7.52. The number of aldehydes is 1. The Morgan fingerprint density at radius 1 is 1.10 bits per heavy atom. The topological polar surface area (TPSA) is 43.4 Å². The van der Waals surface area contributed by atoms with Crippen LogP contribution in [0.2, 0.25) is 0 Å². The fraction of sp³-hybridized carbons (Fsp3) is 0.529. The van der Waals surface area contributed by atoms with Crippen LogP contribution in [-0.4, -0.2) is 12.3 Å². The molecule has 1 rings (SSSR count). The molecule has 1 aromatic carbocycles. The normalized spacial score (nSPS) is 12.1. The summed E-state index contributed by atoms with van der Waals surface area (Å²) in [7, 11) is 0. The van der Waals surface area contributed by atoms with Crippen LogP contribution in [0.3, 0.4) is 0 Å². The van der Waals surface area contributed by atoms with E-state index in [4.69, 9.17) is 4.74 Å². The average Bonchev–Trinajstić information content (AvgIpc) is 2.26. The third-order valence-electron chi connectivity index (χ3n) is 3.09. The number of hydrogen-bond donors (Lipinski definition) is 0. The molecule has 0 N–H and O–H groups in total. The van der Waals surface area contributed by atoms with Gasteiger partial charge in [0.05, 0.1) is 0 Å². The zero-order chi connectivity index (χ0) is 15.4. The molecule has 20 heavy (non-hydrogen) atoms. The average molecular weight is 276 g/mol. The first kappa shape index (κ1) is 16.4. The lowest BCUT2D eigenvalue weighted by molar-refractivity contribution is -0.135. The zero-order valence-electron chi connectivity index (χ0n) is 13.0. The van der Waals surface area contributed by atoms with Gasteiger partial charge in [-0.05, 0) is 34.9 Å². The molecule has 0 fully saturated rings. The minimum absolute atomic E-state index is 0.0591. The van der Waals surface area contributed by atoms with Crippen LogP contribution >= 0.6 is 0 Å². The second-order valence-electron chi connectivity index (χ2n) is 6.99. The maximum Gasteiger partial charge on any atom is 0.318 e. The molecule has 0 aliphatic rings. The van der Waals surface area contributed by atoms with Crippen molar-refractivity contribution in [1.29, 1.82) is 0 Å². The van der Waals surface area contributed by atoms with Crippen LogP contribution in [0.15, 0.2) is 24.3 Å². The van der Waals surface area contributed by atoms with E-state index in [1.54, 1.807) is 12.1 Å². The zero-order valence-corrected chi connectivity index (χ0v) is 13.0. The van der Waals surface area contributed by atoms with Crippen molar-refractivity contribution in [1.82, 2.24) is 0 Å². The molecule has 0 aliphatic carbocycles. The molecule has 0 aliphatic heterocycles. The highest BCUT2D eigenvalue weighted by molar-refractivity contribution is 5.85. The highest BCUT2D eigenvalue weighted by atomic mass is 16.5. The molecule has 0 amide bonds. The van der Waals surface area contributed by atoms with Gasteiger partial charge in [-0.15, -0.1) is 0 Å². The van der Waals surface area contributed by atoms with Crippen molar-refractivity contribution in [2.24, 2.45) is 5.41 Å². The summed E-state index contributed by atoms with van der Waals surface area (Å²) in [5.41, 5.74) is 1.52. The van der Waals surface area contributed by atoms with E-state index in [0.29, 0.717) is 12.0 Å². The van der Waals surface area contributed by atoms with Crippen molar-refractivity contribution in [3.63, 3.8) is 0 Å². The first-order valence-electron chi connectivity index (χ1n) is 6.89. The maximum absolute atomic E-state index is 11.2. The lowest BCUT2D eigenvalue weighted by atomic mass is 9.72. The van der Waals surface area contributed by atoms with Crippen LogP contribution in [-0.2, 0) is 15.0 Å². The number of ether oxygens (including phenoxy) is 1. The molecule has 0 heterocycles. The predicted molar refractivity (Wildman–Crippen MR) is 79.9 cm³/mol. The van der Waals surface area contributed by atoms with E-state index < -0.39 is 5.97 Å². The SMILES string of the molecule is CC(C)(C)CC(C)(C)c1ccc(OC(=O)CC=O)cc1. The molecule has 0 atom stereocenters. The summed E-state index contributed by atoms with van der Waals surface area (Å²) in [6.07, 6.45) is 1.39. The lowest BCUT2D eigenvalue weighted by Gasteiger charge is -2.33. The predicted octanol–water partition coefficient (Wildman–Crippen LogP) is 3.89. The second-order valence-corrected chi connectivity index (χ2v) is 6.99. The van der Waals surface area contributed by atoms with Gasteiger partial charge in [-0.3, -0.25) is 4.79 Å². The molecule has 3 heteroatoms. The van der Waals surface area contributed by atoms with Gasteiger partial charge < -0.3 is 9.53 Å². The molecule has 0 bridgehead atoms. The summed E-state index contributed by atoms with van der Waals surface area (Å²) >= 11 is 0. The van der Waals surface area contributed by atoms with Gasteiger partial charge in [0, 0.05) is 0 Å². The van der Waals surface area contributed by atoms with Gasteiger partial charge >= 0.3 is 5.97 Å². The Balaban J connectivity index is 2.80. The van der Waals surface area contributed by atoms with Crippen LogP contribution in [0.1, 0.15) is 53.0 Å². The summed E-state index contributed by atoms with van der Waals surface area (Å²) < 4.78 is 5.05. The van der Waals surface area contributed by atoms with Gasteiger partial charge in [0.15, 0.2) is 0 Å². The highest BCUT2D eigenvalue weighted by Gasteiger charge is 2.27. The minimum atomic E-state index is -0.526. The monoisotopic (exact) mass is 276 g/mol. The van der Waals surface area contributed by atoms with E-state index in [1.807, 2.05) is 12.1 Å². The first-order valence-corrected chi connectivity index (χ1v) is 6.89. The molecule has 0 radical (unpaired) electrons. The molecule has 3 nitrogen and oxygen atoms in total. The van der Waals surface area contributed by atoms with Crippen LogP contribution in [0.4, 0.5) is 0 Å². The Hall–Kier alpha value is -1.64.